The molecular formula is C16H18N4OS2. The Kier molecular flexibility index (Phi) is 5.00. The maximum atomic E-state index is 5.63. The SMILES string of the molecule is CCn1cc(-c2cc(OC)cc(Sc3cnc(CN)s3)c2)cn1. The molecule has 1 aromatic carbocycles. The molecule has 0 spiro atoms. The first kappa shape index (κ1) is 16.0. The summed E-state index contributed by atoms with van der Waals surface area (Å²) in [4.78, 5) is 5.40. The number of rotatable bonds is 6. The summed E-state index contributed by atoms with van der Waals surface area (Å²) in [6, 6.07) is 6.20. The third-order valence-corrected chi connectivity index (χ3v) is 5.42. The van der Waals surface area contributed by atoms with E-state index in [1.807, 2.05) is 35.4 Å². The molecule has 5 nitrogen and oxygen atoms in total. The van der Waals surface area contributed by atoms with Crippen LogP contribution in [-0.2, 0) is 13.1 Å². The number of aromatic nitrogens is 3. The average Bonchev–Trinajstić information content (AvgIpc) is 3.23. The topological polar surface area (TPSA) is 66.0 Å². The van der Waals surface area contributed by atoms with Gasteiger partial charge < -0.3 is 10.5 Å². The maximum absolute atomic E-state index is 5.63. The Balaban J connectivity index is 1.92. The minimum absolute atomic E-state index is 0.477. The molecule has 23 heavy (non-hydrogen) atoms. The molecule has 120 valence electrons. The lowest BCUT2D eigenvalue weighted by Gasteiger charge is -2.07. The number of hydrogen-bond acceptors (Lipinski definition) is 6. The quantitative estimate of drug-likeness (QED) is 0.738. The predicted octanol–water partition coefficient (Wildman–Crippen LogP) is 3.65. The Hall–Kier alpha value is -1.83. The molecule has 0 aliphatic carbocycles. The van der Waals surface area contributed by atoms with E-state index in [4.69, 9.17) is 10.5 Å². The number of aryl methyl sites for hydroxylation is 1. The summed E-state index contributed by atoms with van der Waals surface area (Å²) in [5, 5.41) is 5.29. The first-order valence-electron chi connectivity index (χ1n) is 7.26. The van der Waals surface area contributed by atoms with E-state index in [9.17, 15) is 0 Å². The molecule has 0 aliphatic heterocycles. The van der Waals surface area contributed by atoms with Crippen molar-refractivity contribution >= 4 is 23.1 Å². The van der Waals surface area contributed by atoms with Crippen molar-refractivity contribution in [2.24, 2.45) is 5.73 Å². The summed E-state index contributed by atoms with van der Waals surface area (Å²) in [5.74, 6) is 0.831. The number of hydrogen-bond donors (Lipinski definition) is 1. The van der Waals surface area contributed by atoms with E-state index in [0.717, 1.165) is 37.5 Å². The lowest BCUT2D eigenvalue weighted by atomic mass is 10.1. The van der Waals surface area contributed by atoms with Crippen LogP contribution in [-0.4, -0.2) is 21.9 Å². The number of nitrogens with two attached hydrogens (primary N) is 1. The van der Waals surface area contributed by atoms with Crippen molar-refractivity contribution in [2.45, 2.75) is 29.1 Å². The summed E-state index contributed by atoms with van der Waals surface area (Å²) in [6.45, 7) is 3.40. The van der Waals surface area contributed by atoms with Crippen LogP contribution in [0.1, 0.15) is 11.9 Å². The second kappa shape index (κ2) is 7.16. The van der Waals surface area contributed by atoms with E-state index in [-0.39, 0.29) is 0 Å². The van der Waals surface area contributed by atoms with Crippen molar-refractivity contribution in [1.82, 2.24) is 14.8 Å². The van der Waals surface area contributed by atoms with E-state index in [1.54, 1.807) is 30.2 Å². The van der Waals surface area contributed by atoms with Crippen molar-refractivity contribution in [3.63, 3.8) is 0 Å². The first-order chi connectivity index (χ1) is 11.2. The van der Waals surface area contributed by atoms with Gasteiger partial charge in [-0.2, -0.15) is 5.10 Å². The molecule has 0 saturated heterocycles. The van der Waals surface area contributed by atoms with Crippen LogP contribution in [0.5, 0.6) is 5.75 Å². The molecule has 7 heteroatoms. The molecule has 2 N–H and O–H groups in total. The fraction of sp³-hybridized carbons (Fsp3) is 0.250. The van der Waals surface area contributed by atoms with E-state index < -0.39 is 0 Å². The first-order valence-corrected chi connectivity index (χ1v) is 8.89. The van der Waals surface area contributed by atoms with Crippen molar-refractivity contribution in [3.05, 3.63) is 41.8 Å². The second-order valence-corrected chi connectivity index (χ2v) is 7.35. The van der Waals surface area contributed by atoms with Crippen LogP contribution in [0.15, 0.2) is 45.9 Å². The van der Waals surface area contributed by atoms with Gasteiger partial charge in [-0.05, 0) is 30.7 Å². The van der Waals surface area contributed by atoms with Gasteiger partial charge in [0.25, 0.3) is 0 Å². The highest BCUT2D eigenvalue weighted by Crippen LogP contribution is 2.36. The average molecular weight is 346 g/mol. The third kappa shape index (κ3) is 3.74. The minimum atomic E-state index is 0.477. The highest BCUT2D eigenvalue weighted by Gasteiger charge is 2.09. The van der Waals surface area contributed by atoms with Crippen LogP contribution in [0, 0.1) is 0 Å². The van der Waals surface area contributed by atoms with E-state index >= 15 is 0 Å². The third-order valence-electron chi connectivity index (χ3n) is 3.33. The Bertz CT molecular complexity index is 797. The van der Waals surface area contributed by atoms with Gasteiger partial charge in [0.05, 0.1) is 23.7 Å². The molecule has 0 unspecified atom stereocenters. The molecule has 0 aliphatic rings. The van der Waals surface area contributed by atoms with E-state index in [0.29, 0.717) is 6.54 Å². The van der Waals surface area contributed by atoms with Crippen molar-refractivity contribution in [1.29, 1.82) is 0 Å². The van der Waals surface area contributed by atoms with E-state index in [1.165, 1.54) is 0 Å². The van der Waals surface area contributed by atoms with E-state index in [2.05, 4.69) is 23.1 Å². The number of nitrogens with zero attached hydrogens (tertiary/aromatic N) is 3. The summed E-state index contributed by atoms with van der Waals surface area (Å²) < 4.78 is 8.48. The number of benzene rings is 1. The van der Waals surface area contributed by atoms with Crippen molar-refractivity contribution < 1.29 is 4.74 Å². The standard InChI is InChI=1S/C16H18N4OS2/c1-3-20-10-12(8-19-20)11-4-13(21-2)6-14(5-11)22-16-9-18-15(7-17)23-16/h4-6,8-10H,3,7,17H2,1-2H3. The molecule has 0 fully saturated rings. The Morgan fingerprint density at radius 3 is 2.78 bits per heavy atom. The smallest absolute Gasteiger partial charge is 0.120 e. The van der Waals surface area contributed by atoms with Crippen LogP contribution < -0.4 is 10.5 Å². The normalized spacial score (nSPS) is 10.9. The maximum Gasteiger partial charge on any atom is 0.120 e. The van der Waals surface area contributed by atoms with Crippen LogP contribution in [0.2, 0.25) is 0 Å². The number of methoxy groups -OCH3 is 1. The Labute approximate surface area is 143 Å². The highest BCUT2D eigenvalue weighted by atomic mass is 32.2. The van der Waals surface area contributed by atoms with Gasteiger partial charge in [-0.3, -0.25) is 4.68 Å². The molecule has 0 atom stereocenters. The van der Waals surface area contributed by atoms with Gasteiger partial charge in [-0.15, -0.1) is 11.3 Å². The minimum Gasteiger partial charge on any atom is -0.497 e. The van der Waals surface area contributed by atoms with Gasteiger partial charge in [0, 0.05) is 29.7 Å². The molecule has 0 saturated carbocycles. The van der Waals surface area contributed by atoms with Crippen LogP contribution in [0.25, 0.3) is 11.1 Å². The van der Waals surface area contributed by atoms with Crippen molar-refractivity contribution in [3.8, 4) is 16.9 Å². The second-order valence-electron chi connectivity index (χ2n) is 4.86. The van der Waals surface area contributed by atoms with Crippen LogP contribution in [0.4, 0.5) is 0 Å². The molecular weight excluding hydrogens is 328 g/mol. The fourth-order valence-corrected chi connectivity index (χ4v) is 4.12. The van der Waals surface area contributed by atoms with Gasteiger partial charge >= 0.3 is 0 Å². The van der Waals surface area contributed by atoms with Gasteiger partial charge in [0.15, 0.2) is 0 Å². The molecule has 3 rings (SSSR count). The molecule has 0 radical (unpaired) electrons. The summed E-state index contributed by atoms with van der Waals surface area (Å²) in [6.07, 6.45) is 5.79. The highest BCUT2D eigenvalue weighted by molar-refractivity contribution is 8.01. The zero-order chi connectivity index (χ0) is 16.2. The molecule has 2 heterocycles. The van der Waals surface area contributed by atoms with Gasteiger partial charge in [0.1, 0.15) is 10.8 Å². The van der Waals surface area contributed by atoms with Crippen LogP contribution in [0.3, 0.4) is 0 Å². The zero-order valence-electron chi connectivity index (χ0n) is 13.0. The zero-order valence-corrected chi connectivity index (χ0v) is 14.7. The summed E-state index contributed by atoms with van der Waals surface area (Å²) in [5.41, 5.74) is 7.80. The van der Waals surface area contributed by atoms with Gasteiger partial charge in [0.2, 0.25) is 0 Å². The predicted molar refractivity (Wildman–Crippen MR) is 94.0 cm³/mol. The monoisotopic (exact) mass is 346 g/mol. The van der Waals surface area contributed by atoms with Crippen molar-refractivity contribution in [2.75, 3.05) is 7.11 Å². The van der Waals surface area contributed by atoms with Gasteiger partial charge in [-0.25, -0.2) is 4.98 Å². The molecule has 0 bridgehead atoms. The molecule has 3 aromatic rings. The largest absolute Gasteiger partial charge is 0.497 e. The number of thiazole rings is 1. The summed E-state index contributed by atoms with van der Waals surface area (Å²) in [7, 11) is 1.68. The molecule has 0 amide bonds. The Morgan fingerprint density at radius 1 is 1.26 bits per heavy atom. The lowest BCUT2D eigenvalue weighted by molar-refractivity contribution is 0.414. The lowest BCUT2D eigenvalue weighted by Crippen LogP contribution is -1.93. The van der Waals surface area contributed by atoms with Gasteiger partial charge in [-0.1, -0.05) is 11.8 Å². The summed E-state index contributed by atoms with van der Waals surface area (Å²) >= 11 is 3.29. The number of ether oxygens (including phenoxy) is 1. The van der Waals surface area contributed by atoms with Crippen LogP contribution >= 0.6 is 23.1 Å². The fourth-order valence-electron chi connectivity index (χ4n) is 2.15. The Morgan fingerprint density at radius 2 is 2.13 bits per heavy atom. The molecule has 2 aromatic heterocycles.